The van der Waals surface area contributed by atoms with Gasteiger partial charge in [0.25, 0.3) is 0 Å². The third kappa shape index (κ3) is 3.42. The van der Waals surface area contributed by atoms with Crippen LogP contribution < -0.4 is 4.74 Å². The van der Waals surface area contributed by atoms with Crippen molar-refractivity contribution in [1.29, 1.82) is 0 Å². The van der Waals surface area contributed by atoms with Crippen molar-refractivity contribution in [3.63, 3.8) is 0 Å². The largest absolute Gasteiger partial charge is 0.486 e. The van der Waals surface area contributed by atoms with E-state index in [0.29, 0.717) is 27.7 Å². The van der Waals surface area contributed by atoms with Crippen LogP contribution in [0.3, 0.4) is 0 Å². The van der Waals surface area contributed by atoms with Gasteiger partial charge in [0, 0.05) is 5.54 Å². The summed E-state index contributed by atoms with van der Waals surface area (Å²) >= 11 is 16.8. The number of para-hydroxylation sites is 1. The van der Waals surface area contributed by atoms with Gasteiger partial charge in [0.2, 0.25) is 0 Å². The van der Waals surface area contributed by atoms with E-state index in [1.165, 1.54) is 5.54 Å². The highest BCUT2D eigenvalue weighted by atomic mass is 35.5. The number of rotatable bonds is 4. The van der Waals surface area contributed by atoms with Crippen molar-refractivity contribution in [2.75, 3.05) is 6.61 Å². The average molecular weight is 266 g/mol. The molecule has 1 aromatic rings. The molecule has 0 saturated heterocycles. The quantitative estimate of drug-likeness (QED) is 0.773. The zero-order valence-electron chi connectivity index (χ0n) is 7.54. The van der Waals surface area contributed by atoms with Crippen LogP contribution in [0.1, 0.15) is 10.4 Å². The maximum Gasteiger partial charge on any atom is 0.153 e. The Bertz CT molecular complexity index is 388. The zero-order valence-corrected chi connectivity index (χ0v) is 9.81. The Hall–Kier alpha value is -0.700. The summed E-state index contributed by atoms with van der Waals surface area (Å²) in [5.41, 5.74) is 1.57. The van der Waals surface area contributed by atoms with Crippen molar-refractivity contribution in [3.8, 4) is 5.75 Å². The number of ether oxygens (including phenoxy) is 1. The van der Waals surface area contributed by atoms with Gasteiger partial charge in [-0.3, -0.25) is 4.79 Å². The van der Waals surface area contributed by atoms with E-state index in [1.807, 2.05) is 0 Å². The van der Waals surface area contributed by atoms with Crippen LogP contribution in [-0.2, 0) is 0 Å². The van der Waals surface area contributed by atoms with E-state index in [9.17, 15) is 4.79 Å². The summed E-state index contributed by atoms with van der Waals surface area (Å²) < 4.78 is 5.26. The SMILES string of the molecule is O=Cc1cccc(Cl)c1OC/C(Cl)=C\Cl. The highest BCUT2D eigenvalue weighted by Crippen LogP contribution is 2.28. The van der Waals surface area contributed by atoms with Crippen LogP contribution in [-0.4, -0.2) is 12.9 Å². The molecule has 0 unspecified atom stereocenters. The molecular formula is C10H7Cl3O2. The first-order valence-corrected chi connectivity index (χ1v) is 5.19. The molecule has 0 radical (unpaired) electrons. The molecule has 0 aliphatic rings. The van der Waals surface area contributed by atoms with Gasteiger partial charge in [-0.2, -0.15) is 0 Å². The van der Waals surface area contributed by atoms with Gasteiger partial charge in [-0.15, -0.1) is 0 Å². The predicted octanol–water partition coefficient (Wildman–Crippen LogP) is 3.85. The number of halogens is 3. The first-order valence-electron chi connectivity index (χ1n) is 4.00. The molecule has 0 fully saturated rings. The lowest BCUT2D eigenvalue weighted by molar-refractivity contribution is 0.112. The molecule has 15 heavy (non-hydrogen) atoms. The molecule has 0 atom stereocenters. The lowest BCUT2D eigenvalue weighted by atomic mass is 10.2. The van der Waals surface area contributed by atoms with Crippen LogP contribution in [0.5, 0.6) is 5.75 Å². The second-order valence-electron chi connectivity index (χ2n) is 2.62. The van der Waals surface area contributed by atoms with Gasteiger partial charge in [0.05, 0.1) is 15.6 Å². The van der Waals surface area contributed by atoms with Crippen LogP contribution in [0.4, 0.5) is 0 Å². The lowest BCUT2D eigenvalue weighted by Crippen LogP contribution is -2.00. The Morgan fingerprint density at radius 1 is 1.47 bits per heavy atom. The number of benzene rings is 1. The fourth-order valence-electron chi connectivity index (χ4n) is 0.943. The van der Waals surface area contributed by atoms with Gasteiger partial charge < -0.3 is 4.74 Å². The first kappa shape index (κ1) is 12.4. The molecule has 1 rings (SSSR count). The minimum absolute atomic E-state index is 0.0790. The summed E-state index contributed by atoms with van der Waals surface area (Å²) in [5.74, 6) is 0.311. The number of hydrogen-bond donors (Lipinski definition) is 0. The highest BCUT2D eigenvalue weighted by Gasteiger charge is 2.07. The van der Waals surface area contributed by atoms with E-state index in [-0.39, 0.29) is 6.61 Å². The first-order chi connectivity index (χ1) is 7.19. The normalized spacial score (nSPS) is 11.3. The standard InChI is InChI=1S/C10H7Cl3O2/c11-4-8(12)6-15-10-7(5-14)2-1-3-9(10)13/h1-5H,6H2/b8-4+. The summed E-state index contributed by atoms with van der Waals surface area (Å²) in [5, 5.41) is 0.687. The molecule has 0 aliphatic heterocycles. The smallest absolute Gasteiger partial charge is 0.153 e. The van der Waals surface area contributed by atoms with Crippen molar-refractivity contribution < 1.29 is 9.53 Å². The van der Waals surface area contributed by atoms with Crippen LogP contribution in [0, 0.1) is 0 Å². The van der Waals surface area contributed by atoms with Crippen molar-refractivity contribution in [2.24, 2.45) is 0 Å². The Labute approximate surface area is 102 Å². The molecule has 0 spiro atoms. The van der Waals surface area contributed by atoms with E-state index < -0.39 is 0 Å². The van der Waals surface area contributed by atoms with Gasteiger partial charge in [-0.1, -0.05) is 40.9 Å². The van der Waals surface area contributed by atoms with Crippen LogP contribution in [0.25, 0.3) is 0 Å². The molecule has 80 valence electrons. The summed E-state index contributed by atoms with van der Waals surface area (Å²) in [6.07, 6.45) is 0.666. The average Bonchev–Trinajstić information content (AvgIpc) is 2.26. The molecule has 0 amide bonds. The molecule has 1 aromatic carbocycles. The van der Waals surface area contributed by atoms with Gasteiger partial charge in [-0.25, -0.2) is 0 Å². The van der Waals surface area contributed by atoms with Crippen molar-refractivity contribution in [2.45, 2.75) is 0 Å². The summed E-state index contributed by atoms with van der Waals surface area (Å²) in [4.78, 5) is 10.7. The van der Waals surface area contributed by atoms with Crippen molar-refractivity contribution in [1.82, 2.24) is 0 Å². The topological polar surface area (TPSA) is 26.3 Å². The van der Waals surface area contributed by atoms with Crippen molar-refractivity contribution >= 4 is 41.1 Å². The minimum atomic E-state index is 0.0790. The number of aldehydes is 1. The minimum Gasteiger partial charge on any atom is -0.486 e. The summed E-state index contributed by atoms with van der Waals surface area (Å²) in [6.45, 7) is 0.0790. The molecule has 0 bridgehead atoms. The number of carbonyl (C=O) groups is 1. The molecule has 5 heteroatoms. The maximum absolute atomic E-state index is 10.7. The lowest BCUT2D eigenvalue weighted by Gasteiger charge is -2.08. The second-order valence-corrected chi connectivity index (χ2v) is 3.73. The molecular weight excluding hydrogens is 258 g/mol. The van der Waals surface area contributed by atoms with Gasteiger partial charge in [-0.05, 0) is 12.1 Å². The molecule has 0 aliphatic carbocycles. The monoisotopic (exact) mass is 264 g/mol. The van der Waals surface area contributed by atoms with Gasteiger partial charge >= 0.3 is 0 Å². The summed E-state index contributed by atoms with van der Waals surface area (Å²) in [7, 11) is 0. The second kappa shape index (κ2) is 6.01. The highest BCUT2D eigenvalue weighted by molar-refractivity contribution is 6.36. The van der Waals surface area contributed by atoms with Crippen LogP contribution in [0.2, 0.25) is 5.02 Å². The molecule has 0 aromatic heterocycles. The Morgan fingerprint density at radius 3 is 2.80 bits per heavy atom. The summed E-state index contributed by atoms with van der Waals surface area (Å²) in [6, 6.07) is 4.90. The number of carbonyl (C=O) groups excluding carboxylic acids is 1. The molecule has 0 saturated carbocycles. The Morgan fingerprint density at radius 2 is 2.20 bits per heavy atom. The maximum atomic E-state index is 10.7. The molecule has 0 N–H and O–H groups in total. The van der Waals surface area contributed by atoms with Gasteiger partial charge in [0.15, 0.2) is 6.29 Å². The Kier molecular flexibility index (Phi) is 4.95. The zero-order chi connectivity index (χ0) is 11.3. The van der Waals surface area contributed by atoms with E-state index in [2.05, 4.69) is 0 Å². The van der Waals surface area contributed by atoms with Crippen LogP contribution >= 0.6 is 34.8 Å². The fraction of sp³-hybridized carbons (Fsp3) is 0.100. The van der Waals surface area contributed by atoms with Gasteiger partial charge in [0.1, 0.15) is 12.4 Å². The Balaban J connectivity index is 2.88. The molecule has 0 heterocycles. The van der Waals surface area contributed by atoms with Crippen LogP contribution in [0.15, 0.2) is 28.8 Å². The van der Waals surface area contributed by atoms with Crippen molar-refractivity contribution in [3.05, 3.63) is 39.4 Å². The third-order valence-electron chi connectivity index (χ3n) is 1.60. The third-order valence-corrected chi connectivity index (χ3v) is 2.49. The van der Waals surface area contributed by atoms with E-state index >= 15 is 0 Å². The molecule has 2 nitrogen and oxygen atoms in total. The number of hydrogen-bond acceptors (Lipinski definition) is 2. The van der Waals surface area contributed by atoms with E-state index in [1.54, 1.807) is 18.2 Å². The van der Waals surface area contributed by atoms with E-state index in [4.69, 9.17) is 39.5 Å². The predicted molar refractivity (Wildman–Crippen MR) is 62.1 cm³/mol. The fourth-order valence-corrected chi connectivity index (χ4v) is 1.30. The van der Waals surface area contributed by atoms with E-state index in [0.717, 1.165) is 0 Å².